The van der Waals surface area contributed by atoms with E-state index in [1.807, 2.05) is 10.2 Å². The largest absolute Gasteiger partial charge is 0.405 e. The minimum absolute atomic E-state index is 0.196. The fourth-order valence-corrected chi connectivity index (χ4v) is 2.31. The fraction of sp³-hybridized carbons (Fsp3) is 0.917. The molecule has 1 saturated heterocycles. The second-order valence-electron chi connectivity index (χ2n) is 5.04. The zero-order valence-electron chi connectivity index (χ0n) is 11.4. The first kappa shape index (κ1) is 17.2. The number of carbonyl (C=O) groups is 1. The normalized spacial score (nSPS) is 22.6. The number of β-amino-alcohol motifs (C(OH)–C–C–N with tert-alkyl or cyclic N) is 1. The highest BCUT2D eigenvalue weighted by Gasteiger charge is 2.31. The zero-order valence-corrected chi connectivity index (χ0v) is 11.4. The molecule has 0 bridgehead atoms. The first-order valence-electron chi connectivity index (χ1n) is 6.55. The maximum atomic E-state index is 12.0. The number of alkyl halides is 3. The molecule has 20 heavy (non-hydrogen) atoms. The van der Waals surface area contributed by atoms with E-state index in [9.17, 15) is 23.1 Å². The van der Waals surface area contributed by atoms with Gasteiger partial charge in [-0.05, 0) is 19.4 Å². The van der Waals surface area contributed by atoms with Gasteiger partial charge in [-0.25, -0.2) is 0 Å². The molecule has 2 atom stereocenters. The molecule has 0 aromatic carbocycles. The summed E-state index contributed by atoms with van der Waals surface area (Å²) in [6.07, 6.45) is -3.75. The standard InChI is InChI=1S/C12H21F3N2O3/c1-20-7-10(18)6-17-4-2-3-9(5-17)11(19)16-8-12(13,14)15/h9-10,18H,2-8H2,1H3,(H,16,19)/t9-,10+/m0/s1. The van der Waals surface area contributed by atoms with Gasteiger partial charge in [0.25, 0.3) is 0 Å². The number of ether oxygens (including phenoxy) is 1. The minimum Gasteiger partial charge on any atom is -0.389 e. The van der Waals surface area contributed by atoms with Gasteiger partial charge in [0.1, 0.15) is 6.54 Å². The number of likely N-dealkylation sites (tertiary alicyclic amines) is 1. The summed E-state index contributed by atoms with van der Waals surface area (Å²) in [6.45, 7) is 0.348. The Bertz CT molecular complexity index is 313. The van der Waals surface area contributed by atoms with Crippen molar-refractivity contribution in [2.75, 3.05) is 39.9 Å². The molecule has 0 unspecified atom stereocenters. The fourth-order valence-electron chi connectivity index (χ4n) is 2.31. The van der Waals surface area contributed by atoms with E-state index in [-0.39, 0.29) is 6.61 Å². The zero-order chi connectivity index (χ0) is 15.2. The van der Waals surface area contributed by atoms with Gasteiger partial charge in [-0.15, -0.1) is 0 Å². The molecule has 0 aromatic heterocycles. The molecule has 1 aliphatic rings. The highest BCUT2D eigenvalue weighted by atomic mass is 19.4. The summed E-state index contributed by atoms with van der Waals surface area (Å²) in [5, 5.41) is 11.5. The molecule has 5 nitrogen and oxygen atoms in total. The van der Waals surface area contributed by atoms with Gasteiger partial charge in [0.2, 0.25) is 5.91 Å². The highest BCUT2D eigenvalue weighted by molar-refractivity contribution is 5.79. The quantitative estimate of drug-likeness (QED) is 0.744. The van der Waals surface area contributed by atoms with E-state index in [1.54, 1.807) is 0 Å². The Labute approximate surface area is 116 Å². The average molecular weight is 298 g/mol. The van der Waals surface area contributed by atoms with E-state index < -0.39 is 30.7 Å². The summed E-state index contributed by atoms with van der Waals surface area (Å²) < 4.78 is 40.9. The number of amides is 1. The van der Waals surface area contributed by atoms with E-state index >= 15 is 0 Å². The molecule has 0 spiro atoms. The van der Waals surface area contributed by atoms with Crippen LogP contribution in [0.2, 0.25) is 0 Å². The van der Waals surface area contributed by atoms with Crippen molar-refractivity contribution in [3.05, 3.63) is 0 Å². The Morgan fingerprint density at radius 2 is 2.25 bits per heavy atom. The summed E-state index contributed by atoms with van der Waals surface area (Å²) in [5.74, 6) is -1.03. The number of rotatable bonds is 6. The van der Waals surface area contributed by atoms with Crippen LogP contribution in [0.3, 0.4) is 0 Å². The molecule has 0 aliphatic carbocycles. The van der Waals surface area contributed by atoms with Crippen molar-refractivity contribution in [2.24, 2.45) is 5.92 Å². The molecule has 2 N–H and O–H groups in total. The number of nitrogens with one attached hydrogen (secondary N) is 1. The van der Waals surface area contributed by atoms with E-state index in [0.717, 1.165) is 13.0 Å². The molecule has 0 aromatic rings. The lowest BCUT2D eigenvalue weighted by molar-refractivity contribution is -0.142. The summed E-state index contributed by atoms with van der Waals surface area (Å²) in [6, 6.07) is 0. The van der Waals surface area contributed by atoms with Gasteiger partial charge in [0.15, 0.2) is 0 Å². The Balaban J connectivity index is 2.38. The maximum absolute atomic E-state index is 12.0. The van der Waals surface area contributed by atoms with Gasteiger partial charge in [-0.3, -0.25) is 9.69 Å². The van der Waals surface area contributed by atoms with Gasteiger partial charge in [-0.1, -0.05) is 0 Å². The summed E-state index contributed by atoms with van der Waals surface area (Å²) in [4.78, 5) is 13.6. The number of carbonyl (C=O) groups excluding carboxylic acids is 1. The maximum Gasteiger partial charge on any atom is 0.405 e. The van der Waals surface area contributed by atoms with Crippen LogP contribution >= 0.6 is 0 Å². The van der Waals surface area contributed by atoms with Gasteiger partial charge >= 0.3 is 6.18 Å². The van der Waals surface area contributed by atoms with Gasteiger partial charge in [0.05, 0.1) is 18.6 Å². The summed E-state index contributed by atoms with van der Waals surface area (Å²) in [5.41, 5.74) is 0. The third-order valence-corrected chi connectivity index (χ3v) is 3.17. The molecule has 118 valence electrons. The Kier molecular flexibility index (Phi) is 6.70. The highest BCUT2D eigenvalue weighted by Crippen LogP contribution is 2.18. The predicted octanol–water partition coefficient (Wildman–Crippen LogP) is 0.384. The monoisotopic (exact) mass is 298 g/mol. The van der Waals surface area contributed by atoms with Crippen molar-refractivity contribution >= 4 is 5.91 Å². The van der Waals surface area contributed by atoms with Crippen LogP contribution in [0.25, 0.3) is 0 Å². The number of aliphatic hydroxyl groups is 1. The predicted molar refractivity (Wildman–Crippen MR) is 66.1 cm³/mol. The van der Waals surface area contributed by atoms with E-state index in [0.29, 0.717) is 19.5 Å². The average Bonchev–Trinajstić information content (AvgIpc) is 2.35. The Hall–Kier alpha value is -0.860. The third kappa shape index (κ3) is 6.53. The van der Waals surface area contributed by atoms with Gasteiger partial charge < -0.3 is 15.2 Å². The molecule has 1 aliphatic heterocycles. The molecule has 1 heterocycles. The second-order valence-corrected chi connectivity index (χ2v) is 5.04. The smallest absolute Gasteiger partial charge is 0.389 e. The van der Waals surface area contributed by atoms with Crippen LogP contribution in [0, 0.1) is 5.92 Å². The minimum atomic E-state index is -4.39. The Morgan fingerprint density at radius 1 is 1.55 bits per heavy atom. The van der Waals surface area contributed by atoms with Gasteiger partial charge in [-0.2, -0.15) is 13.2 Å². The van der Waals surface area contributed by atoms with Crippen molar-refractivity contribution in [1.29, 1.82) is 0 Å². The SMILES string of the molecule is COC[C@H](O)CN1CCC[C@H](C(=O)NCC(F)(F)F)C1. The lowest BCUT2D eigenvalue weighted by Crippen LogP contribution is -2.47. The molecule has 1 fully saturated rings. The second kappa shape index (κ2) is 7.80. The molecule has 1 rings (SSSR count). The van der Waals surface area contributed by atoms with Crippen molar-refractivity contribution in [1.82, 2.24) is 10.2 Å². The molecule has 0 saturated carbocycles. The number of nitrogens with zero attached hydrogens (tertiary/aromatic N) is 1. The van der Waals surface area contributed by atoms with Crippen molar-refractivity contribution in [3.8, 4) is 0 Å². The lowest BCUT2D eigenvalue weighted by atomic mass is 9.97. The molecule has 1 amide bonds. The number of aliphatic hydroxyl groups excluding tert-OH is 1. The molecule has 0 radical (unpaired) electrons. The first-order valence-corrected chi connectivity index (χ1v) is 6.55. The number of hydrogen-bond acceptors (Lipinski definition) is 4. The van der Waals surface area contributed by atoms with Crippen LogP contribution in [0.15, 0.2) is 0 Å². The lowest BCUT2D eigenvalue weighted by Gasteiger charge is -2.33. The third-order valence-electron chi connectivity index (χ3n) is 3.17. The van der Waals surface area contributed by atoms with Gasteiger partial charge in [0, 0.05) is 20.2 Å². The van der Waals surface area contributed by atoms with Crippen LogP contribution in [0.4, 0.5) is 13.2 Å². The molecular formula is C12H21F3N2O3. The number of halogens is 3. The van der Waals surface area contributed by atoms with Crippen LogP contribution in [-0.4, -0.2) is 68.1 Å². The van der Waals surface area contributed by atoms with Crippen molar-refractivity contribution < 1.29 is 27.8 Å². The van der Waals surface area contributed by atoms with E-state index in [2.05, 4.69) is 0 Å². The van der Waals surface area contributed by atoms with Crippen LogP contribution < -0.4 is 5.32 Å². The summed E-state index contributed by atoms with van der Waals surface area (Å²) >= 11 is 0. The van der Waals surface area contributed by atoms with Crippen LogP contribution in [0.1, 0.15) is 12.8 Å². The van der Waals surface area contributed by atoms with E-state index in [1.165, 1.54) is 7.11 Å². The molecular weight excluding hydrogens is 277 g/mol. The topological polar surface area (TPSA) is 61.8 Å². The van der Waals surface area contributed by atoms with Crippen LogP contribution in [0.5, 0.6) is 0 Å². The van der Waals surface area contributed by atoms with Crippen molar-refractivity contribution in [2.45, 2.75) is 25.1 Å². The number of hydrogen-bond donors (Lipinski definition) is 2. The Morgan fingerprint density at radius 3 is 2.85 bits per heavy atom. The number of methoxy groups -OCH3 is 1. The molecule has 8 heteroatoms. The number of piperidine rings is 1. The van der Waals surface area contributed by atoms with E-state index in [4.69, 9.17) is 4.74 Å². The summed E-state index contributed by atoms with van der Waals surface area (Å²) in [7, 11) is 1.48. The van der Waals surface area contributed by atoms with Crippen molar-refractivity contribution in [3.63, 3.8) is 0 Å². The van der Waals surface area contributed by atoms with Crippen LogP contribution in [-0.2, 0) is 9.53 Å². The first-order chi connectivity index (χ1) is 9.31.